The van der Waals surface area contributed by atoms with E-state index in [1.54, 1.807) is 0 Å². The molecular formula is C9H15ClN2. The van der Waals surface area contributed by atoms with Crippen molar-refractivity contribution in [2.75, 3.05) is 25.0 Å². The van der Waals surface area contributed by atoms with Crippen LogP contribution < -0.4 is 10.6 Å². The number of likely N-dealkylation sites (N-methyl/N-ethyl adjacent to an activating group) is 1. The second-order valence-electron chi connectivity index (χ2n) is 2.55. The number of benzene rings is 1. The first kappa shape index (κ1) is 11.3. The first-order valence-corrected chi connectivity index (χ1v) is 3.81. The minimum Gasteiger partial charge on any atom is -0.373 e. The fourth-order valence-electron chi connectivity index (χ4n) is 1.01. The Balaban J connectivity index is 0.00000121. The van der Waals surface area contributed by atoms with Crippen LogP contribution in [0.3, 0.4) is 0 Å². The lowest BCUT2D eigenvalue weighted by Crippen LogP contribution is -2.24. The summed E-state index contributed by atoms with van der Waals surface area (Å²) in [7, 11) is 2.04. The van der Waals surface area contributed by atoms with Crippen molar-refractivity contribution in [1.82, 2.24) is 0 Å². The van der Waals surface area contributed by atoms with E-state index in [4.69, 9.17) is 5.73 Å². The molecule has 1 rings (SSSR count). The van der Waals surface area contributed by atoms with Crippen molar-refractivity contribution < 1.29 is 0 Å². The topological polar surface area (TPSA) is 29.3 Å². The summed E-state index contributed by atoms with van der Waals surface area (Å²) >= 11 is 0. The molecule has 0 bridgehead atoms. The first-order chi connectivity index (χ1) is 5.34. The third-order valence-corrected chi connectivity index (χ3v) is 1.66. The van der Waals surface area contributed by atoms with Crippen LogP contribution in [0.1, 0.15) is 0 Å². The fraction of sp³-hybridized carbons (Fsp3) is 0.333. The lowest BCUT2D eigenvalue weighted by Gasteiger charge is -2.17. The molecule has 0 saturated carbocycles. The highest BCUT2D eigenvalue weighted by molar-refractivity contribution is 5.85. The van der Waals surface area contributed by atoms with E-state index in [9.17, 15) is 0 Å². The van der Waals surface area contributed by atoms with E-state index in [1.807, 2.05) is 25.2 Å². The molecule has 0 atom stereocenters. The molecular weight excluding hydrogens is 172 g/mol. The summed E-state index contributed by atoms with van der Waals surface area (Å²) in [5, 5.41) is 0. The third-order valence-electron chi connectivity index (χ3n) is 1.66. The molecule has 1 aromatic rings. The van der Waals surface area contributed by atoms with Gasteiger partial charge in [0.1, 0.15) is 0 Å². The van der Waals surface area contributed by atoms with E-state index < -0.39 is 0 Å². The molecule has 3 heteroatoms. The number of anilines is 1. The van der Waals surface area contributed by atoms with Gasteiger partial charge in [0.15, 0.2) is 0 Å². The Hall–Kier alpha value is -0.730. The van der Waals surface area contributed by atoms with Crippen molar-refractivity contribution in [3.05, 3.63) is 30.3 Å². The summed E-state index contributed by atoms with van der Waals surface area (Å²) in [6, 6.07) is 10.2. The Kier molecular flexibility index (Phi) is 5.51. The van der Waals surface area contributed by atoms with Crippen molar-refractivity contribution >= 4 is 18.1 Å². The van der Waals surface area contributed by atoms with Crippen molar-refractivity contribution in [3.63, 3.8) is 0 Å². The average Bonchev–Trinajstić information content (AvgIpc) is 2.07. The van der Waals surface area contributed by atoms with E-state index in [-0.39, 0.29) is 12.4 Å². The van der Waals surface area contributed by atoms with E-state index in [1.165, 1.54) is 5.69 Å². The molecule has 0 spiro atoms. The van der Waals surface area contributed by atoms with Gasteiger partial charge in [-0.1, -0.05) is 18.2 Å². The van der Waals surface area contributed by atoms with Crippen LogP contribution in [-0.4, -0.2) is 20.1 Å². The smallest absolute Gasteiger partial charge is 0.0364 e. The number of nitrogens with two attached hydrogens (primary N) is 1. The van der Waals surface area contributed by atoms with Crippen LogP contribution in [0.5, 0.6) is 0 Å². The molecule has 0 heterocycles. The summed E-state index contributed by atoms with van der Waals surface area (Å²) < 4.78 is 0. The SMILES string of the molecule is CN(CCN)c1ccccc1.Cl. The van der Waals surface area contributed by atoms with Crippen LogP contribution in [0, 0.1) is 0 Å². The molecule has 1 aromatic carbocycles. The van der Waals surface area contributed by atoms with Crippen LogP contribution >= 0.6 is 12.4 Å². The summed E-state index contributed by atoms with van der Waals surface area (Å²) in [6.45, 7) is 1.61. The van der Waals surface area contributed by atoms with Gasteiger partial charge in [0.2, 0.25) is 0 Å². The van der Waals surface area contributed by atoms with Gasteiger partial charge in [-0.2, -0.15) is 0 Å². The van der Waals surface area contributed by atoms with Gasteiger partial charge in [-0.25, -0.2) is 0 Å². The summed E-state index contributed by atoms with van der Waals surface area (Å²) in [5.74, 6) is 0. The van der Waals surface area contributed by atoms with E-state index in [2.05, 4.69) is 17.0 Å². The Morgan fingerprint density at radius 2 is 1.83 bits per heavy atom. The van der Waals surface area contributed by atoms with Gasteiger partial charge in [-0.3, -0.25) is 0 Å². The number of rotatable bonds is 3. The summed E-state index contributed by atoms with van der Waals surface area (Å²) in [4.78, 5) is 2.14. The van der Waals surface area contributed by atoms with Gasteiger partial charge in [-0.05, 0) is 12.1 Å². The fourth-order valence-corrected chi connectivity index (χ4v) is 1.01. The van der Waals surface area contributed by atoms with Gasteiger partial charge >= 0.3 is 0 Å². The normalized spacial score (nSPS) is 8.83. The molecule has 0 aromatic heterocycles. The molecule has 0 unspecified atom stereocenters. The van der Waals surface area contributed by atoms with Crippen molar-refractivity contribution in [2.45, 2.75) is 0 Å². The molecule has 2 nitrogen and oxygen atoms in total. The van der Waals surface area contributed by atoms with Crippen LogP contribution in [0.15, 0.2) is 30.3 Å². The average molecular weight is 187 g/mol. The van der Waals surface area contributed by atoms with Crippen molar-refractivity contribution in [3.8, 4) is 0 Å². The van der Waals surface area contributed by atoms with Gasteiger partial charge in [0.05, 0.1) is 0 Å². The minimum absolute atomic E-state index is 0. The second-order valence-corrected chi connectivity index (χ2v) is 2.55. The van der Waals surface area contributed by atoms with Gasteiger partial charge in [0, 0.05) is 25.8 Å². The minimum atomic E-state index is 0. The van der Waals surface area contributed by atoms with Gasteiger partial charge < -0.3 is 10.6 Å². The number of nitrogens with zero attached hydrogens (tertiary/aromatic N) is 1. The zero-order valence-corrected chi connectivity index (χ0v) is 8.05. The molecule has 2 N–H and O–H groups in total. The molecule has 0 aliphatic heterocycles. The highest BCUT2D eigenvalue weighted by atomic mass is 35.5. The van der Waals surface area contributed by atoms with Crippen molar-refractivity contribution in [1.29, 1.82) is 0 Å². The standard InChI is InChI=1S/C9H14N2.ClH/c1-11(8-7-10)9-5-3-2-4-6-9;/h2-6H,7-8,10H2,1H3;1H. The highest BCUT2D eigenvalue weighted by Gasteiger charge is 1.95. The molecule has 0 aliphatic rings. The number of hydrogen-bond acceptors (Lipinski definition) is 2. The number of para-hydroxylation sites is 1. The molecule has 0 amide bonds. The molecule has 0 fully saturated rings. The Morgan fingerprint density at radius 3 is 2.33 bits per heavy atom. The summed E-state index contributed by atoms with van der Waals surface area (Å²) in [6.07, 6.45) is 0. The third kappa shape index (κ3) is 3.11. The second kappa shape index (κ2) is 5.86. The highest BCUT2D eigenvalue weighted by Crippen LogP contribution is 2.09. The largest absolute Gasteiger partial charge is 0.373 e. The maximum Gasteiger partial charge on any atom is 0.0364 e. The predicted molar refractivity (Wildman–Crippen MR) is 56.0 cm³/mol. The Bertz CT molecular complexity index is 201. The zero-order chi connectivity index (χ0) is 8.10. The molecule has 0 aliphatic carbocycles. The molecule has 68 valence electrons. The quantitative estimate of drug-likeness (QED) is 0.776. The predicted octanol–water partition coefficient (Wildman–Crippen LogP) is 1.50. The summed E-state index contributed by atoms with van der Waals surface area (Å²) in [5.41, 5.74) is 6.65. The van der Waals surface area contributed by atoms with Gasteiger partial charge in [-0.15, -0.1) is 12.4 Å². The zero-order valence-electron chi connectivity index (χ0n) is 7.23. The molecule has 0 saturated heterocycles. The first-order valence-electron chi connectivity index (χ1n) is 3.81. The lowest BCUT2D eigenvalue weighted by atomic mass is 10.3. The Morgan fingerprint density at radius 1 is 1.25 bits per heavy atom. The number of hydrogen-bond donors (Lipinski definition) is 1. The van der Waals surface area contributed by atoms with Crippen molar-refractivity contribution in [2.24, 2.45) is 5.73 Å². The lowest BCUT2D eigenvalue weighted by molar-refractivity contribution is 0.886. The van der Waals surface area contributed by atoms with Crippen LogP contribution in [0.4, 0.5) is 5.69 Å². The maximum atomic E-state index is 5.43. The van der Waals surface area contributed by atoms with E-state index in [0.717, 1.165) is 6.54 Å². The van der Waals surface area contributed by atoms with Crippen LogP contribution in [0.2, 0.25) is 0 Å². The van der Waals surface area contributed by atoms with Gasteiger partial charge in [0.25, 0.3) is 0 Å². The van der Waals surface area contributed by atoms with E-state index >= 15 is 0 Å². The molecule has 12 heavy (non-hydrogen) atoms. The maximum absolute atomic E-state index is 5.43. The molecule has 0 radical (unpaired) electrons. The van der Waals surface area contributed by atoms with Crippen LogP contribution in [-0.2, 0) is 0 Å². The van der Waals surface area contributed by atoms with Crippen LogP contribution in [0.25, 0.3) is 0 Å². The monoisotopic (exact) mass is 186 g/mol. The van der Waals surface area contributed by atoms with E-state index in [0.29, 0.717) is 6.54 Å². The Labute approximate surface area is 79.8 Å². The number of halogens is 1.